The zero-order valence-corrected chi connectivity index (χ0v) is 12.9. The molecule has 2 aromatic rings. The van der Waals surface area contributed by atoms with Crippen molar-refractivity contribution < 1.29 is 22.4 Å². The summed E-state index contributed by atoms with van der Waals surface area (Å²) in [5, 5.41) is 3.98. The van der Waals surface area contributed by atoms with Gasteiger partial charge in [-0.25, -0.2) is 0 Å². The molecule has 1 aliphatic carbocycles. The minimum Gasteiger partial charge on any atom is -0.405 e. The van der Waals surface area contributed by atoms with Gasteiger partial charge in [0.05, 0.1) is 0 Å². The van der Waals surface area contributed by atoms with E-state index in [0.29, 0.717) is 21.6 Å². The topological polar surface area (TPSA) is 35.3 Å². The first-order valence-electron chi connectivity index (χ1n) is 6.39. The second-order valence-electron chi connectivity index (χ2n) is 4.83. The van der Waals surface area contributed by atoms with E-state index in [4.69, 9.17) is 4.52 Å². The van der Waals surface area contributed by atoms with Gasteiger partial charge in [-0.05, 0) is 25.0 Å². The van der Waals surface area contributed by atoms with Crippen LogP contribution in [0, 0.1) is 0 Å². The standard InChI is InChI=1S/C14H11F3INO2/c15-14(16,17)20-11-4-2-1-3-9(11)12-10(7-18)13(21-19-12)8-5-6-8/h1-4,8H,5-7H2. The number of rotatable bonds is 4. The van der Waals surface area contributed by atoms with Crippen LogP contribution in [0.2, 0.25) is 0 Å². The molecule has 0 atom stereocenters. The predicted molar refractivity (Wildman–Crippen MR) is 78.3 cm³/mol. The summed E-state index contributed by atoms with van der Waals surface area (Å²) in [6.07, 6.45) is -2.65. The highest BCUT2D eigenvalue weighted by Crippen LogP contribution is 2.45. The van der Waals surface area contributed by atoms with Crippen LogP contribution >= 0.6 is 22.6 Å². The van der Waals surface area contributed by atoms with Gasteiger partial charge in [-0.1, -0.05) is 39.9 Å². The summed E-state index contributed by atoms with van der Waals surface area (Å²) >= 11 is 2.17. The lowest BCUT2D eigenvalue weighted by Crippen LogP contribution is -2.17. The van der Waals surface area contributed by atoms with Gasteiger partial charge in [0.2, 0.25) is 0 Å². The molecule has 1 aliphatic rings. The zero-order chi connectivity index (χ0) is 15.0. The van der Waals surface area contributed by atoms with Crippen molar-refractivity contribution in [1.29, 1.82) is 0 Å². The molecule has 1 saturated carbocycles. The minimum atomic E-state index is -4.73. The molecule has 7 heteroatoms. The van der Waals surface area contributed by atoms with Gasteiger partial charge in [-0.3, -0.25) is 0 Å². The zero-order valence-electron chi connectivity index (χ0n) is 10.8. The Balaban J connectivity index is 2.04. The van der Waals surface area contributed by atoms with Gasteiger partial charge in [0.25, 0.3) is 0 Å². The van der Waals surface area contributed by atoms with Crippen molar-refractivity contribution in [2.24, 2.45) is 0 Å². The van der Waals surface area contributed by atoms with E-state index in [1.807, 2.05) is 0 Å². The van der Waals surface area contributed by atoms with Crippen molar-refractivity contribution in [1.82, 2.24) is 5.16 Å². The van der Waals surface area contributed by atoms with Gasteiger partial charge in [-0.2, -0.15) is 0 Å². The molecule has 1 fully saturated rings. The maximum atomic E-state index is 12.5. The van der Waals surface area contributed by atoms with E-state index in [2.05, 4.69) is 32.5 Å². The molecule has 0 amide bonds. The predicted octanol–water partition coefficient (Wildman–Crippen LogP) is 5.05. The van der Waals surface area contributed by atoms with E-state index in [0.717, 1.165) is 24.2 Å². The smallest absolute Gasteiger partial charge is 0.405 e. The first-order chi connectivity index (χ1) is 9.99. The molecule has 112 valence electrons. The molecule has 1 heterocycles. The van der Waals surface area contributed by atoms with Crippen molar-refractivity contribution in [2.45, 2.75) is 29.5 Å². The molecule has 1 aromatic carbocycles. The number of hydrogen-bond donors (Lipinski definition) is 0. The molecule has 21 heavy (non-hydrogen) atoms. The molecule has 0 saturated heterocycles. The maximum absolute atomic E-state index is 12.5. The van der Waals surface area contributed by atoms with Crippen LogP contribution in [0.3, 0.4) is 0 Å². The number of hydrogen-bond acceptors (Lipinski definition) is 3. The summed E-state index contributed by atoms with van der Waals surface area (Å²) < 4.78 is 47.6. The Morgan fingerprint density at radius 2 is 2.00 bits per heavy atom. The van der Waals surface area contributed by atoms with Gasteiger partial charge in [-0.15, -0.1) is 13.2 Å². The lowest BCUT2D eigenvalue weighted by molar-refractivity contribution is -0.274. The van der Waals surface area contributed by atoms with Crippen LogP contribution in [-0.2, 0) is 4.43 Å². The molecule has 0 aliphatic heterocycles. The Hall–Kier alpha value is -1.25. The van der Waals surface area contributed by atoms with Gasteiger partial charge in [0, 0.05) is 21.5 Å². The van der Waals surface area contributed by atoms with Crippen LogP contribution in [0.15, 0.2) is 28.8 Å². The first-order valence-corrected chi connectivity index (χ1v) is 7.91. The van der Waals surface area contributed by atoms with E-state index in [1.165, 1.54) is 12.1 Å². The third kappa shape index (κ3) is 3.17. The van der Waals surface area contributed by atoms with Crippen molar-refractivity contribution in [3.05, 3.63) is 35.6 Å². The fraction of sp³-hybridized carbons (Fsp3) is 0.357. The second kappa shape index (κ2) is 5.51. The Bertz CT molecular complexity index is 650. The summed E-state index contributed by atoms with van der Waals surface area (Å²) in [5.41, 5.74) is 1.60. The second-order valence-corrected chi connectivity index (χ2v) is 5.59. The molecule has 0 spiro atoms. The largest absolute Gasteiger partial charge is 0.573 e. The fourth-order valence-corrected chi connectivity index (χ4v) is 2.94. The first kappa shape index (κ1) is 14.7. The summed E-state index contributed by atoms with van der Waals surface area (Å²) in [6, 6.07) is 5.99. The summed E-state index contributed by atoms with van der Waals surface area (Å²) in [5.74, 6) is 0.889. The van der Waals surface area contributed by atoms with Crippen LogP contribution in [0.25, 0.3) is 11.3 Å². The highest BCUT2D eigenvalue weighted by molar-refractivity contribution is 14.1. The number of alkyl halides is 4. The van der Waals surface area contributed by atoms with Gasteiger partial charge >= 0.3 is 6.36 Å². The van der Waals surface area contributed by atoms with E-state index in [9.17, 15) is 13.2 Å². The third-order valence-electron chi connectivity index (χ3n) is 3.27. The third-order valence-corrected chi connectivity index (χ3v) is 4.03. The Morgan fingerprint density at radius 1 is 1.29 bits per heavy atom. The van der Waals surface area contributed by atoms with E-state index in [-0.39, 0.29) is 5.75 Å². The quantitative estimate of drug-likeness (QED) is 0.524. The SMILES string of the molecule is FC(F)(F)Oc1ccccc1-c1noc(C2CC2)c1CI. The van der Waals surface area contributed by atoms with E-state index < -0.39 is 6.36 Å². The lowest BCUT2D eigenvalue weighted by Gasteiger charge is -2.12. The van der Waals surface area contributed by atoms with Crippen LogP contribution in [-0.4, -0.2) is 11.5 Å². The Morgan fingerprint density at radius 3 is 2.62 bits per heavy atom. The minimum absolute atomic E-state index is 0.258. The van der Waals surface area contributed by atoms with Gasteiger partial charge in [0.1, 0.15) is 17.2 Å². The molecule has 0 radical (unpaired) electrons. The molecule has 1 aromatic heterocycles. The average molecular weight is 409 g/mol. The fourth-order valence-electron chi connectivity index (χ4n) is 2.20. The van der Waals surface area contributed by atoms with Crippen molar-refractivity contribution in [2.75, 3.05) is 0 Å². The van der Waals surface area contributed by atoms with E-state index in [1.54, 1.807) is 12.1 Å². The van der Waals surface area contributed by atoms with Gasteiger partial charge in [0.15, 0.2) is 0 Å². The highest BCUT2D eigenvalue weighted by Gasteiger charge is 2.35. The summed E-state index contributed by atoms with van der Waals surface area (Å²) in [4.78, 5) is 0. The van der Waals surface area contributed by atoms with Crippen LogP contribution in [0.5, 0.6) is 5.75 Å². The molecule has 0 bridgehead atoms. The number of para-hydroxylation sites is 1. The lowest BCUT2D eigenvalue weighted by atomic mass is 10.0. The maximum Gasteiger partial charge on any atom is 0.573 e. The average Bonchev–Trinajstić information content (AvgIpc) is 3.17. The molecule has 3 rings (SSSR count). The Kier molecular flexibility index (Phi) is 3.85. The summed E-state index contributed by atoms with van der Waals surface area (Å²) in [6.45, 7) is 0. The molecule has 0 unspecified atom stereocenters. The van der Waals surface area contributed by atoms with Crippen molar-refractivity contribution in [3.8, 4) is 17.0 Å². The summed E-state index contributed by atoms with van der Waals surface area (Å²) in [7, 11) is 0. The number of aromatic nitrogens is 1. The molecular weight excluding hydrogens is 398 g/mol. The number of halogens is 4. The van der Waals surface area contributed by atoms with Gasteiger partial charge < -0.3 is 9.26 Å². The van der Waals surface area contributed by atoms with Crippen molar-refractivity contribution >= 4 is 22.6 Å². The van der Waals surface area contributed by atoms with Crippen molar-refractivity contribution in [3.63, 3.8) is 0 Å². The van der Waals surface area contributed by atoms with Crippen LogP contribution in [0.1, 0.15) is 30.1 Å². The molecule has 3 nitrogen and oxygen atoms in total. The number of nitrogens with zero attached hydrogens (tertiary/aromatic N) is 1. The normalized spacial score (nSPS) is 15.2. The molecular formula is C14H11F3INO2. The monoisotopic (exact) mass is 409 g/mol. The van der Waals surface area contributed by atoms with E-state index >= 15 is 0 Å². The van der Waals surface area contributed by atoms with Crippen LogP contribution < -0.4 is 4.74 Å². The Labute approximate surface area is 132 Å². The number of ether oxygens (including phenoxy) is 1. The highest BCUT2D eigenvalue weighted by atomic mass is 127. The number of benzene rings is 1. The molecule has 0 N–H and O–H groups in total. The van der Waals surface area contributed by atoms with Crippen LogP contribution in [0.4, 0.5) is 13.2 Å².